The Balaban J connectivity index is 2.66. The molecule has 0 radical (unpaired) electrons. The Kier molecular flexibility index (Phi) is 7.31. The molecule has 0 saturated carbocycles. The van der Waals surface area contributed by atoms with Crippen LogP contribution in [-0.2, 0) is 13.9 Å². The van der Waals surface area contributed by atoms with Crippen LogP contribution in [0.5, 0.6) is 0 Å². The van der Waals surface area contributed by atoms with Crippen molar-refractivity contribution in [2.45, 2.75) is 32.7 Å². The van der Waals surface area contributed by atoms with Gasteiger partial charge < -0.3 is 13.9 Å². The fourth-order valence-electron chi connectivity index (χ4n) is 3.25. The molecule has 0 spiro atoms. The molecule has 4 heteroatoms. The Morgan fingerprint density at radius 3 is 1.85 bits per heavy atom. The minimum Gasteiger partial charge on any atom is -0.532 e. The first kappa shape index (κ1) is 20.8. The zero-order valence-electron chi connectivity index (χ0n) is 16.9. The van der Waals surface area contributed by atoms with Crippen molar-refractivity contribution in [3.8, 4) is 0 Å². The lowest BCUT2D eigenvalue weighted by Gasteiger charge is -2.43. The normalized spacial score (nSPS) is 12.9. The summed E-state index contributed by atoms with van der Waals surface area (Å²) in [5.41, 5.74) is 0. The van der Waals surface area contributed by atoms with E-state index in [2.05, 4.69) is 69.3 Å². The monoisotopic (exact) mass is 382 g/mol. The van der Waals surface area contributed by atoms with Crippen LogP contribution in [0, 0.1) is 0 Å². The predicted molar refractivity (Wildman–Crippen MR) is 115 cm³/mol. The molecule has 0 aliphatic heterocycles. The average molecular weight is 383 g/mol. The van der Waals surface area contributed by atoms with Crippen molar-refractivity contribution in [1.29, 1.82) is 0 Å². The zero-order valence-corrected chi connectivity index (χ0v) is 17.9. The largest absolute Gasteiger partial charge is 0.532 e. The molecule has 0 atom stereocenters. The van der Waals surface area contributed by atoms with E-state index in [1.807, 2.05) is 25.1 Å². The van der Waals surface area contributed by atoms with Crippen molar-refractivity contribution in [3.05, 3.63) is 85.0 Å². The Bertz CT molecular complexity index is 707. The van der Waals surface area contributed by atoms with Gasteiger partial charge in [-0.1, -0.05) is 81.4 Å². The molecule has 0 aromatic heterocycles. The van der Waals surface area contributed by atoms with Crippen LogP contribution < -0.4 is 10.4 Å². The van der Waals surface area contributed by atoms with Crippen molar-refractivity contribution in [2.75, 3.05) is 13.7 Å². The van der Waals surface area contributed by atoms with Crippen LogP contribution in [0.3, 0.4) is 0 Å². The fraction of sp³-hybridized carbons (Fsp3) is 0.304. The molecule has 0 aliphatic carbocycles. The first-order chi connectivity index (χ1) is 13.0. The Morgan fingerprint density at radius 2 is 1.44 bits per heavy atom. The van der Waals surface area contributed by atoms with Gasteiger partial charge in [0.1, 0.15) is 12.0 Å². The van der Waals surface area contributed by atoms with Gasteiger partial charge in [0.2, 0.25) is 0 Å². The molecule has 0 unspecified atom stereocenters. The molecule has 2 rings (SSSR count). The molecule has 3 nitrogen and oxygen atoms in total. The summed E-state index contributed by atoms with van der Waals surface area (Å²) >= 11 is 0. The third-order valence-electron chi connectivity index (χ3n) is 4.42. The van der Waals surface area contributed by atoms with E-state index in [0.717, 1.165) is 0 Å². The maximum absolute atomic E-state index is 6.87. The van der Waals surface area contributed by atoms with Crippen LogP contribution in [0.4, 0.5) is 0 Å². The van der Waals surface area contributed by atoms with Gasteiger partial charge in [-0.05, 0) is 22.3 Å². The summed E-state index contributed by atoms with van der Waals surface area (Å²) in [6, 6.07) is 21.0. The minimum absolute atomic E-state index is 0.109. The second-order valence-electron chi connectivity index (χ2n) is 7.28. The highest BCUT2D eigenvalue weighted by Gasteiger charge is 2.52. The number of ether oxygens (including phenoxy) is 2. The van der Waals surface area contributed by atoms with Gasteiger partial charge >= 0.3 is 8.32 Å². The average Bonchev–Trinajstić information content (AvgIpc) is 2.66. The molecule has 0 amide bonds. The van der Waals surface area contributed by atoms with Crippen LogP contribution in [0.15, 0.2) is 85.0 Å². The standard InChI is InChI=1S/C23H30O3Si/c1-6-25-18-17-20(19-24-5)26-27(23(2,3)4,21-13-9-7-10-14-21)22-15-11-8-12-16-22/h7-19H,6H2,1-5H3/b18-17+,20-19-. The van der Waals surface area contributed by atoms with Gasteiger partial charge in [-0.3, -0.25) is 0 Å². The van der Waals surface area contributed by atoms with E-state index in [9.17, 15) is 0 Å². The maximum atomic E-state index is 6.87. The molecule has 2 aromatic carbocycles. The van der Waals surface area contributed by atoms with Crippen molar-refractivity contribution < 1.29 is 13.9 Å². The summed E-state index contributed by atoms with van der Waals surface area (Å²) in [5, 5.41) is 2.33. The smallest absolute Gasteiger partial charge is 0.320 e. The SMILES string of the molecule is CCO/C=C/C(=C/OC)O[Si](c1ccccc1)(c1ccccc1)C(C)(C)C. The van der Waals surface area contributed by atoms with Gasteiger partial charge in [-0.2, -0.15) is 0 Å². The lowest BCUT2D eigenvalue weighted by molar-refractivity contribution is 0.264. The van der Waals surface area contributed by atoms with Gasteiger partial charge in [0, 0.05) is 6.08 Å². The number of hydrogen-bond donors (Lipinski definition) is 0. The number of benzene rings is 2. The van der Waals surface area contributed by atoms with E-state index < -0.39 is 8.32 Å². The fourth-order valence-corrected chi connectivity index (χ4v) is 7.65. The summed E-state index contributed by atoms with van der Waals surface area (Å²) < 4.78 is 17.5. The predicted octanol–water partition coefficient (Wildman–Crippen LogP) is 4.60. The van der Waals surface area contributed by atoms with E-state index in [1.165, 1.54) is 10.4 Å². The molecular formula is C23H30O3Si. The van der Waals surface area contributed by atoms with Gasteiger partial charge in [-0.25, -0.2) is 0 Å². The quantitative estimate of drug-likeness (QED) is 0.379. The highest BCUT2D eigenvalue weighted by Crippen LogP contribution is 2.38. The van der Waals surface area contributed by atoms with E-state index >= 15 is 0 Å². The van der Waals surface area contributed by atoms with E-state index in [0.29, 0.717) is 12.4 Å². The molecule has 2 aromatic rings. The summed E-state index contributed by atoms with van der Waals surface area (Å²) in [6.45, 7) is 9.30. The van der Waals surface area contributed by atoms with Crippen molar-refractivity contribution in [1.82, 2.24) is 0 Å². The zero-order chi connectivity index (χ0) is 19.8. The van der Waals surface area contributed by atoms with E-state index in [-0.39, 0.29) is 5.04 Å². The Morgan fingerprint density at radius 1 is 0.926 bits per heavy atom. The van der Waals surface area contributed by atoms with Crippen LogP contribution in [0.1, 0.15) is 27.7 Å². The topological polar surface area (TPSA) is 27.7 Å². The Hall–Kier alpha value is -2.46. The molecule has 0 fully saturated rings. The van der Waals surface area contributed by atoms with E-state index in [4.69, 9.17) is 13.9 Å². The molecule has 0 N–H and O–H groups in total. The Labute approximate surface area is 164 Å². The lowest BCUT2D eigenvalue weighted by Crippen LogP contribution is -2.66. The molecule has 27 heavy (non-hydrogen) atoms. The first-order valence-corrected chi connectivity index (χ1v) is 11.2. The highest BCUT2D eigenvalue weighted by molar-refractivity contribution is 6.99. The second-order valence-corrected chi connectivity index (χ2v) is 11.5. The van der Waals surface area contributed by atoms with Gasteiger partial charge in [0.25, 0.3) is 0 Å². The lowest BCUT2D eigenvalue weighted by atomic mass is 10.2. The van der Waals surface area contributed by atoms with Crippen molar-refractivity contribution >= 4 is 18.7 Å². The van der Waals surface area contributed by atoms with Gasteiger partial charge in [0.15, 0.2) is 0 Å². The summed E-state index contributed by atoms with van der Waals surface area (Å²) in [6.07, 6.45) is 5.12. The summed E-state index contributed by atoms with van der Waals surface area (Å²) in [4.78, 5) is 0. The number of methoxy groups -OCH3 is 1. The number of rotatable bonds is 8. The van der Waals surface area contributed by atoms with Gasteiger partial charge in [0.05, 0.1) is 20.0 Å². The van der Waals surface area contributed by atoms with Crippen LogP contribution in [-0.4, -0.2) is 22.0 Å². The molecule has 0 bridgehead atoms. The second kappa shape index (κ2) is 9.47. The number of allylic oxidation sites excluding steroid dienone is 1. The molecule has 0 saturated heterocycles. The third kappa shape index (κ3) is 4.83. The molecular weight excluding hydrogens is 352 g/mol. The van der Waals surface area contributed by atoms with Crippen molar-refractivity contribution in [3.63, 3.8) is 0 Å². The maximum Gasteiger partial charge on any atom is 0.320 e. The first-order valence-electron chi connectivity index (χ1n) is 9.27. The summed E-state index contributed by atoms with van der Waals surface area (Å²) in [5.74, 6) is 0.653. The third-order valence-corrected chi connectivity index (χ3v) is 9.36. The van der Waals surface area contributed by atoms with Gasteiger partial charge in [-0.15, -0.1) is 0 Å². The highest BCUT2D eigenvalue weighted by atomic mass is 28.4. The summed E-state index contributed by atoms with van der Waals surface area (Å²) in [7, 11) is -1.04. The molecule has 144 valence electrons. The van der Waals surface area contributed by atoms with Crippen LogP contribution in [0.2, 0.25) is 5.04 Å². The number of hydrogen-bond acceptors (Lipinski definition) is 3. The van der Waals surface area contributed by atoms with Crippen LogP contribution in [0.25, 0.3) is 0 Å². The minimum atomic E-state index is -2.66. The van der Waals surface area contributed by atoms with Crippen molar-refractivity contribution in [2.24, 2.45) is 0 Å². The molecule has 0 aliphatic rings. The van der Waals surface area contributed by atoms with Crippen LogP contribution >= 0.6 is 0 Å². The molecule has 0 heterocycles. The van der Waals surface area contributed by atoms with E-state index in [1.54, 1.807) is 19.6 Å².